The molecular formula is C17H27NO2. The summed E-state index contributed by atoms with van der Waals surface area (Å²) in [6.07, 6.45) is 4.04. The van der Waals surface area contributed by atoms with Crippen molar-refractivity contribution in [3.05, 3.63) is 29.3 Å². The van der Waals surface area contributed by atoms with E-state index in [0.29, 0.717) is 19.1 Å². The molecule has 1 aromatic carbocycles. The van der Waals surface area contributed by atoms with Gasteiger partial charge in [0.05, 0.1) is 12.2 Å². The van der Waals surface area contributed by atoms with E-state index in [1.165, 1.54) is 11.1 Å². The van der Waals surface area contributed by atoms with Crippen LogP contribution in [0.25, 0.3) is 0 Å². The molecule has 1 aliphatic carbocycles. The van der Waals surface area contributed by atoms with Gasteiger partial charge in [-0.3, -0.25) is 0 Å². The number of ether oxygens (including phenoxy) is 1. The van der Waals surface area contributed by atoms with Crippen LogP contribution in [-0.4, -0.2) is 23.9 Å². The van der Waals surface area contributed by atoms with Crippen LogP contribution in [0.4, 0.5) is 0 Å². The average Bonchev–Trinajstić information content (AvgIpc) is 2.79. The van der Waals surface area contributed by atoms with Crippen molar-refractivity contribution in [2.24, 2.45) is 0 Å². The number of hydrogen-bond acceptors (Lipinski definition) is 3. The zero-order valence-corrected chi connectivity index (χ0v) is 12.9. The van der Waals surface area contributed by atoms with Crippen LogP contribution in [-0.2, 0) is 6.42 Å². The molecule has 3 nitrogen and oxygen atoms in total. The first kappa shape index (κ1) is 15.3. The van der Waals surface area contributed by atoms with E-state index in [1.54, 1.807) is 0 Å². The molecule has 0 aromatic heterocycles. The molecule has 0 radical (unpaired) electrons. The van der Waals surface area contributed by atoms with Gasteiger partial charge in [-0.2, -0.15) is 0 Å². The van der Waals surface area contributed by atoms with Gasteiger partial charge in [0.2, 0.25) is 0 Å². The molecule has 0 heterocycles. The van der Waals surface area contributed by atoms with Crippen molar-refractivity contribution in [3.63, 3.8) is 0 Å². The van der Waals surface area contributed by atoms with Gasteiger partial charge in [0, 0.05) is 12.5 Å². The highest BCUT2D eigenvalue weighted by Crippen LogP contribution is 2.37. The molecule has 0 spiro atoms. The van der Waals surface area contributed by atoms with Gasteiger partial charge in [-0.25, -0.2) is 0 Å². The Labute approximate surface area is 122 Å². The number of benzene rings is 1. The Balaban J connectivity index is 2.00. The number of rotatable bonds is 7. The summed E-state index contributed by atoms with van der Waals surface area (Å²) in [6, 6.07) is 6.80. The summed E-state index contributed by atoms with van der Waals surface area (Å²) >= 11 is 0. The zero-order valence-electron chi connectivity index (χ0n) is 12.9. The van der Waals surface area contributed by atoms with Crippen LogP contribution in [0.2, 0.25) is 0 Å². The second kappa shape index (κ2) is 6.59. The third-order valence-corrected chi connectivity index (χ3v) is 3.84. The molecule has 0 amide bonds. The highest BCUT2D eigenvalue weighted by atomic mass is 16.5. The Morgan fingerprint density at radius 3 is 2.90 bits per heavy atom. The molecule has 0 fully saturated rings. The zero-order chi connectivity index (χ0) is 14.6. The van der Waals surface area contributed by atoms with Gasteiger partial charge in [0.1, 0.15) is 5.75 Å². The number of nitrogens with one attached hydrogen (secondary N) is 1. The first-order valence-electron chi connectivity index (χ1n) is 7.71. The van der Waals surface area contributed by atoms with E-state index in [2.05, 4.69) is 24.4 Å². The molecule has 0 saturated carbocycles. The third-order valence-electron chi connectivity index (χ3n) is 3.84. The van der Waals surface area contributed by atoms with Crippen LogP contribution in [0, 0.1) is 0 Å². The normalized spacial score (nSPS) is 18.1. The van der Waals surface area contributed by atoms with E-state index < -0.39 is 5.60 Å². The first-order chi connectivity index (χ1) is 9.51. The summed E-state index contributed by atoms with van der Waals surface area (Å²) in [5, 5.41) is 13.3. The second-order valence-electron chi connectivity index (χ2n) is 6.28. The molecule has 0 bridgehead atoms. The molecule has 3 heteroatoms. The highest BCUT2D eigenvalue weighted by molar-refractivity contribution is 5.45. The largest absolute Gasteiger partial charge is 0.493 e. The van der Waals surface area contributed by atoms with Gasteiger partial charge in [-0.05, 0) is 56.8 Å². The Morgan fingerprint density at radius 1 is 1.40 bits per heavy atom. The van der Waals surface area contributed by atoms with Gasteiger partial charge in [-0.15, -0.1) is 0 Å². The predicted octanol–water partition coefficient (Wildman–Crippen LogP) is 3.21. The van der Waals surface area contributed by atoms with Crippen LogP contribution >= 0.6 is 0 Å². The van der Waals surface area contributed by atoms with Crippen molar-refractivity contribution in [2.45, 2.75) is 58.1 Å². The highest BCUT2D eigenvalue weighted by Gasteiger charge is 2.24. The average molecular weight is 277 g/mol. The fourth-order valence-electron chi connectivity index (χ4n) is 2.70. The smallest absolute Gasteiger partial charge is 0.122 e. The summed E-state index contributed by atoms with van der Waals surface area (Å²) < 4.78 is 5.89. The maximum absolute atomic E-state index is 9.74. The van der Waals surface area contributed by atoms with E-state index in [1.807, 2.05) is 19.9 Å². The summed E-state index contributed by atoms with van der Waals surface area (Å²) in [7, 11) is 0. The van der Waals surface area contributed by atoms with Crippen LogP contribution in [0.1, 0.15) is 57.2 Å². The van der Waals surface area contributed by atoms with E-state index in [4.69, 9.17) is 4.74 Å². The van der Waals surface area contributed by atoms with Crippen molar-refractivity contribution < 1.29 is 9.84 Å². The molecule has 2 rings (SSSR count). The topological polar surface area (TPSA) is 41.5 Å². The van der Waals surface area contributed by atoms with Crippen LogP contribution in [0.3, 0.4) is 0 Å². The SMILES string of the molecule is CCCNC1CCc2c(OCCC(C)(C)O)cccc21. The van der Waals surface area contributed by atoms with Gasteiger partial charge in [0.15, 0.2) is 0 Å². The van der Waals surface area contributed by atoms with Gasteiger partial charge >= 0.3 is 0 Å². The quantitative estimate of drug-likeness (QED) is 0.804. The predicted molar refractivity (Wildman–Crippen MR) is 82.2 cm³/mol. The summed E-state index contributed by atoms with van der Waals surface area (Å²) in [6.45, 7) is 7.45. The van der Waals surface area contributed by atoms with E-state index in [-0.39, 0.29) is 0 Å². The van der Waals surface area contributed by atoms with Crippen LogP contribution in [0.5, 0.6) is 5.75 Å². The minimum absolute atomic E-state index is 0.475. The Kier molecular flexibility index (Phi) is 5.06. The molecule has 2 N–H and O–H groups in total. The first-order valence-corrected chi connectivity index (χ1v) is 7.71. The van der Waals surface area contributed by atoms with E-state index in [0.717, 1.165) is 31.6 Å². The molecule has 1 atom stereocenters. The fraction of sp³-hybridized carbons (Fsp3) is 0.647. The molecule has 112 valence electrons. The fourth-order valence-corrected chi connectivity index (χ4v) is 2.70. The van der Waals surface area contributed by atoms with Gasteiger partial charge in [0.25, 0.3) is 0 Å². The minimum Gasteiger partial charge on any atom is -0.493 e. The van der Waals surface area contributed by atoms with Crippen LogP contribution < -0.4 is 10.1 Å². The second-order valence-corrected chi connectivity index (χ2v) is 6.28. The molecule has 1 aromatic rings. The Morgan fingerprint density at radius 2 is 2.20 bits per heavy atom. The van der Waals surface area contributed by atoms with Gasteiger partial charge < -0.3 is 15.2 Å². The molecule has 20 heavy (non-hydrogen) atoms. The lowest BCUT2D eigenvalue weighted by atomic mass is 10.1. The standard InChI is InChI=1S/C17H27NO2/c1-4-11-18-15-9-8-14-13(15)6-5-7-16(14)20-12-10-17(2,3)19/h5-7,15,18-19H,4,8-12H2,1-3H3. The number of aliphatic hydroxyl groups is 1. The molecule has 1 unspecified atom stereocenters. The van der Waals surface area contributed by atoms with Crippen molar-refractivity contribution in [1.82, 2.24) is 5.32 Å². The minimum atomic E-state index is -0.664. The lowest BCUT2D eigenvalue weighted by Crippen LogP contribution is -2.22. The molecule has 1 aliphatic rings. The Hall–Kier alpha value is -1.06. The molecular weight excluding hydrogens is 250 g/mol. The number of fused-ring (bicyclic) bond motifs is 1. The number of hydrogen-bond donors (Lipinski definition) is 2. The van der Waals surface area contributed by atoms with Crippen molar-refractivity contribution in [2.75, 3.05) is 13.2 Å². The van der Waals surface area contributed by atoms with Crippen molar-refractivity contribution in [3.8, 4) is 5.75 Å². The maximum Gasteiger partial charge on any atom is 0.122 e. The lowest BCUT2D eigenvalue weighted by molar-refractivity contribution is 0.0552. The third kappa shape index (κ3) is 3.97. The van der Waals surface area contributed by atoms with Crippen molar-refractivity contribution >= 4 is 0 Å². The van der Waals surface area contributed by atoms with Gasteiger partial charge in [-0.1, -0.05) is 19.1 Å². The van der Waals surface area contributed by atoms with E-state index in [9.17, 15) is 5.11 Å². The lowest BCUT2D eigenvalue weighted by Gasteiger charge is -2.18. The summed E-state index contributed by atoms with van der Waals surface area (Å²) in [5.74, 6) is 0.993. The summed E-state index contributed by atoms with van der Waals surface area (Å²) in [5.41, 5.74) is 2.07. The summed E-state index contributed by atoms with van der Waals surface area (Å²) in [4.78, 5) is 0. The Bertz CT molecular complexity index is 437. The molecule has 0 aliphatic heterocycles. The van der Waals surface area contributed by atoms with Crippen molar-refractivity contribution in [1.29, 1.82) is 0 Å². The van der Waals surface area contributed by atoms with E-state index >= 15 is 0 Å². The molecule has 0 saturated heterocycles. The maximum atomic E-state index is 9.74. The van der Waals surface area contributed by atoms with Crippen LogP contribution in [0.15, 0.2) is 18.2 Å². The monoisotopic (exact) mass is 277 g/mol.